The van der Waals surface area contributed by atoms with Gasteiger partial charge in [0.05, 0.1) is 0 Å². The molecule has 0 aliphatic heterocycles. The van der Waals surface area contributed by atoms with Crippen LogP contribution in [0.4, 0.5) is 4.39 Å². The third kappa shape index (κ3) is 3.21. The Morgan fingerprint density at radius 2 is 1.92 bits per heavy atom. The van der Waals surface area contributed by atoms with E-state index in [0.717, 1.165) is 0 Å². The molecule has 0 fully saturated rings. The van der Waals surface area contributed by atoms with Gasteiger partial charge in [0.2, 0.25) is 0 Å². The molecule has 0 aliphatic carbocycles. The fourth-order valence-electron chi connectivity index (χ4n) is 0.752. The molecule has 0 heterocycles. The number of hydrogen-bond donors (Lipinski definition) is 0. The molecule has 0 radical (unpaired) electrons. The predicted molar refractivity (Wildman–Crippen MR) is 50.3 cm³/mol. The van der Waals surface area contributed by atoms with E-state index in [2.05, 4.69) is 5.92 Å². The average Bonchev–Trinajstić information content (AvgIpc) is 2.13. The van der Waals surface area contributed by atoms with Crippen LogP contribution in [-0.2, 0) is 6.42 Å². The van der Waals surface area contributed by atoms with Gasteiger partial charge in [0.25, 0.3) is 0 Å². The van der Waals surface area contributed by atoms with E-state index in [1.165, 1.54) is 6.07 Å². The highest BCUT2D eigenvalue weighted by molar-refractivity contribution is 5.21. The summed E-state index contributed by atoms with van der Waals surface area (Å²) in [5, 5.41) is 0. The summed E-state index contributed by atoms with van der Waals surface area (Å²) in [4.78, 5) is 0. The molecule has 0 spiro atoms. The highest BCUT2D eigenvalue weighted by Crippen LogP contribution is 2.05. The molecule has 12 heavy (non-hydrogen) atoms. The van der Waals surface area contributed by atoms with E-state index in [-0.39, 0.29) is 5.82 Å². The zero-order valence-electron chi connectivity index (χ0n) is 7.47. The molecule has 64 valence electrons. The van der Waals surface area contributed by atoms with Crippen LogP contribution in [0.25, 0.3) is 0 Å². The normalized spacial score (nSPS) is 7.83. The number of rotatable bonds is 1. The van der Waals surface area contributed by atoms with E-state index < -0.39 is 0 Å². The lowest BCUT2D eigenvalue weighted by molar-refractivity contribution is 0.615. The van der Waals surface area contributed by atoms with Crippen LogP contribution in [0.3, 0.4) is 0 Å². The second-order valence-corrected chi connectivity index (χ2v) is 1.97. The Kier molecular flexibility index (Phi) is 5.73. The first-order valence-corrected chi connectivity index (χ1v) is 4.01. The minimum Gasteiger partial charge on any atom is -0.207 e. The molecule has 0 unspecified atom stereocenters. The quantitative estimate of drug-likeness (QED) is 0.560. The van der Waals surface area contributed by atoms with Crippen molar-refractivity contribution in [1.29, 1.82) is 0 Å². The van der Waals surface area contributed by atoms with Crippen LogP contribution in [0, 0.1) is 18.2 Å². The summed E-state index contributed by atoms with van der Waals surface area (Å²) in [6.07, 6.45) is 5.38. The summed E-state index contributed by atoms with van der Waals surface area (Å²) in [6, 6.07) is 6.52. The van der Waals surface area contributed by atoms with Gasteiger partial charge in [-0.3, -0.25) is 0 Å². The molecule has 0 nitrogen and oxygen atoms in total. The molecular formula is C11H13F. The standard InChI is InChI=1S/C9H7F.C2H6/c1-2-5-8-6-3-4-7-9(8)10;1-2/h1,3-4,6-7H,5H2;1-2H3. The smallest absolute Gasteiger partial charge is 0.127 e. The van der Waals surface area contributed by atoms with Crippen LogP contribution in [0.2, 0.25) is 0 Å². The molecule has 1 aromatic carbocycles. The molecule has 0 aliphatic rings. The summed E-state index contributed by atoms with van der Waals surface area (Å²) in [5.74, 6) is 2.16. The van der Waals surface area contributed by atoms with E-state index in [0.29, 0.717) is 12.0 Å². The molecule has 1 rings (SSSR count). The van der Waals surface area contributed by atoms with Crippen molar-refractivity contribution in [2.45, 2.75) is 20.3 Å². The molecule has 0 atom stereocenters. The molecule has 1 heteroatoms. The van der Waals surface area contributed by atoms with E-state index >= 15 is 0 Å². The van der Waals surface area contributed by atoms with Gasteiger partial charge in [0.15, 0.2) is 0 Å². The second kappa shape index (κ2) is 6.42. The van der Waals surface area contributed by atoms with Crippen LogP contribution in [0.1, 0.15) is 19.4 Å². The fourth-order valence-corrected chi connectivity index (χ4v) is 0.752. The number of terminal acetylenes is 1. The summed E-state index contributed by atoms with van der Waals surface area (Å²) < 4.78 is 12.7. The summed E-state index contributed by atoms with van der Waals surface area (Å²) >= 11 is 0. The molecule has 0 saturated heterocycles. The molecule has 0 N–H and O–H groups in total. The maximum absolute atomic E-state index is 12.7. The molecule has 1 aromatic rings. The van der Waals surface area contributed by atoms with Gasteiger partial charge in [0, 0.05) is 6.42 Å². The summed E-state index contributed by atoms with van der Waals surface area (Å²) in [6.45, 7) is 4.00. The molecular weight excluding hydrogens is 151 g/mol. The summed E-state index contributed by atoms with van der Waals surface area (Å²) in [5.41, 5.74) is 0.588. The van der Waals surface area contributed by atoms with Gasteiger partial charge in [-0.25, -0.2) is 4.39 Å². The van der Waals surface area contributed by atoms with Gasteiger partial charge < -0.3 is 0 Å². The van der Waals surface area contributed by atoms with Crippen LogP contribution in [0.15, 0.2) is 24.3 Å². The van der Waals surface area contributed by atoms with Gasteiger partial charge in [-0.15, -0.1) is 12.3 Å². The van der Waals surface area contributed by atoms with E-state index in [4.69, 9.17) is 6.42 Å². The maximum Gasteiger partial charge on any atom is 0.127 e. The van der Waals surface area contributed by atoms with Gasteiger partial charge in [-0.2, -0.15) is 0 Å². The molecule has 0 bridgehead atoms. The number of halogens is 1. The van der Waals surface area contributed by atoms with E-state index in [1.807, 2.05) is 13.8 Å². The molecule has 0 saturated carbocycles. The average molecular weight is 164 g/mol. The first-order chi connectivity index (χ1) is 5.84. The highest BCUT2D eigenvalue weighted by Gasteiger charge is 1.95. The van der Waals surface area contributed by atoms with Crippen molar-refractivity contribution in [2.75, 3.05) is 0 Å². The Morgan fingerprint density at radius 3 is 2.42 bits per heavy atom. The van der Waals surface area contributed by atoms with Crippen LogP contribution < -0.4 is 0 Å². The van der Waals surface area contributed by atoms with Gasteiger partial charge in [-0.1, -0.05) is 32.0 Å². The SMILES string of the molecule is C#CCc1ccccc1F.CC. The third-order valence-electron chi connectivity index (χ3n) is 1.25. The van der Waals surface area contributed by atoms with Gasteiger partial charge >= 0.3 is 0 Å². The van der Waals surface area contributed by atoms with Crippen molar-refractivity contribution >= 4 is 0 Å². The first-order valence-electron chi connectivity index (χ1n) is 4.01. The van der Waals surface area contributed by atoms with E-state index in [9.17, 15) is 4.39 Å². The van der Waals surface area contributed by atoms with Crippen molar-refractivity contribution in [3.63, 3.8) is 0 Å². The number of hydrogen-bond acceptors (Lipinski definition) is 0. The highest BCUT2D eigenvalue weighted by atomic mass is 19.1. The van der Waals surface area contributed by atoms with Crippen molar-refractivity contribution in [1.82, 2.24) is 0 Å². The van der Waals surface area contributed by atoms with Crippen molar-refractivity contribution < 1.29 is 4.39 Å². The zero-order valence-corrected chi connectivity index (χ0v) is 7.47. The molecule has 0 aromatic heterocycles. The monoisotopic (exact) mass is 164 g/mol. The lowest BCUT2D eigenvalue weighted by Crippen LogP contribution is -1.85. The van der Waals surface area contributed by atoms with Crippen LogP contribution in [-0.4, -0.2) is 0 Å². The Labute approximate surface area is 73.4 Å². The Hall–Kier alpha value is -1.29. The Bertz CT molecular complexity index is 258. The number of benzene rings is 1. The lowest BCUT2D eigenvalue weighted by atomic mass is 10.1. The van der Waals surface area contributed by atoms with Gasteiger partial charge in [-0.05, 0) is 11.6 Å². The van der Waals surface area contributed by atoms with E-state index in [1.54, 1.807) is 18.2 Å². The predicted octanol–water partition coefficient (Wildman–Crippen LogP) is 3.03. The summed E-state index contributed by atoms with van der Waals surface area (Å²) in [7, 11) is 0. The first kappa shape index (κ1) is 10.7. The van der Waals surface area contributed by atoms with Crippen molar-refractivity contribution in [2.24, 2.45) is 0 Å². The minimum atomic E-state index is -0.222. The topological polar surface area (TPSA) is 0 Å². The van der Waals surface area contributed by atoms with Gasteiger partial charge in [0.1, 0.15) is 5.82 Å². The third-order valence-corrected chi connectivity index (χ3v) is 1.25. The van der Waals surface area contributed by atoms with Crippen molar-refractivity contribution in [3.05, 3.63) is 35.6 Å². The maximum atomic E-state index is 12.7. The Balaban J connectivity index is 0.000000561. The Morgan fingerprint density at radius 1 is 1.33 bits per heavy atom. The largest absolute Gasteiger partial charge is 0.207 e. The van der Waals surface area contributed by atoms with Crippen LogP contribution >= 0.6 is 0 Å². The minimum absolute atomic E-state index is 0.222. The molecule has 0 amide bonds. The lowest BCUT2D eigenvalue weighted by Gasteiger charge is -1.94. The van der Waals surface area contributed by atoms with Crippen LogP contribution in [0.5, 0.6) is 0 Å². The zero-order chi connectivity index (χ0) is 9.40. The van der Waals surface area contributed by atoms with Crippen molar-refractivity contribution in [3.8, 4) is 12.3 Å². The second-order valence-electron chi connectivity index (χ2n) is 1.97. The fraction of sp³-hybridized carbons (Fsp3) is 0.273.